The number of carbonyl (C=O) groups is 1. The summed E-state index contributed by atoms with van der Waals surface area (Å²) in [6.45, 7) is 11.1. The molecule has 8 nitrogen and oxygen atoms in total. The lowest BCUT2D eigenvalue weighted by atomic mass is 10.1. The molecule has 0 unspecified atom stereocenters. The van der Waals surface area contributed by atoms with Gasteiger partial charge in [0.25, 0.3) is 0 Å². The molecular formula is C33H53N3O5Si. The van der Waals surface area contributed by atoms with Crippen molar-refractivity contribution in [3.63, 3.8) is 0 Å². The van der Waals surface area contributed by atoms with E-state index in [2.05, 4.69) is 34.6 Å². The summed E-state index contributed by atoms with van der Waals surface area (Å²) in [5, 5.41) is 11.7. The summed E-state index contributed by atoms with van der Waals surface area (Å²) in [5.74, 6) is 0.985. The number of benzene rings is 2. The summed E-state index contributed by atoms with van der Waals surface area (Å²) in [4.78, 5) is 12.2. The second-order valence-corrected chi connectivity index (χ2v) is 13.0. The predicted octanol–water partition coefficient (Wildman–Crippen LogP) is 8.72. The second kappa shape index (κ2) is 22.0. The smallest absolute Gasteiger partial charge is 0.494 e. The van der Waals surface area contributed by atoms with Crippen LogP contribution in [0.15, 0.2) is 58.8 Å². The minimum Gasteiger partial charge on any atom is -0.494 e. The molecule has 0 bridgehead atoms. The Kier molecular flexibility index (Phi) is 18.7. The fourth-order valence-electron chi connectivity index (χ4n) is 4.59. The lowest BCUT2D eigenvalue weighted by Gasteiger charge is -2.28. The van der Waals surface area contributed by atoms with Crippen LogP contribution in [-0.4, -0.2) is 47.7 Å². The van der Waals surface area contributed by atoms with E-state index in [-0.39, 0.29) is 5.91 Å². The molecule has 0 aromatic heterocycles. The number of amides is 1. The molecule has 2 aromatic rings. The average Bonchev–Trinajstić information content (AvgIpc) is 3.00. The van der Waals surface area contributed by atoms with Gasteiger partial charge < -0.3 is 23.3 Å². The summed E-state index contributed by atoms with van der Waals surface area (Å²) in [5.41, 5.74) is 2.94. The van der Waals surface area contributed by atoms with E-state index < -0.39 is 8.80 Å². The summed E-state index contributed by atoms with van der Waals surface area (Å²) in [7, 11) is -2.63. The zero-order chi connectivity index (χ0) is 30.3. The summed E-state index contributed by atoms with van der Waals surface area (Å²) < 4.78 is 23.4. The topological polar surface area (TPSA) is 90.7 Å². The van der Waals surface area contributed by atoms with Crippen molar-refractivity contribution >= 4 is 26.1 Å². The van der Waals surface area contributed by atoms with Gasteiger partial charge in [0.05, 0.1) is 18.0 Å². The molecule has 0 saturated carbocycles. The minimum absolute atomic E-state index is 0.114. The van der Waals surface area contributed by atoms with Gasteiger partial charge in [-0.15, -0.1) is 0 Å². The quantitative estimate of drug-likeness (QED) is 0.0740. The van der Waals surface area contributed by atoms with Crippen LogP contribution in [0, 0.1) is 0 Å². The van der Waals surface area contributed by atoms with Crippen molar-refractivity contribution in [2.24, 2.45) is 10.2 Å². The molecule has 0 radical (unpaired) electrons. The molecule has 0 spiro atoms. The molecule has 0 aliphatic heterocycles. The predicted molar refractivity (Wildman–Crippen MR) is 172 cm³/mol. The Morgan fingerprint density at radius 3 is 1.90 bits per heavy atom. The van der Waals surface area contributed by atoms with Crippen molar-refractivity contribution in [2.75, 3.05) is 33.0 Å². The molecule has 0 heterocycles. The third-order valence-corrected chi connectivity index (χ3v) is 9.92. The van der Waals surface area contributed by atoms with Gasteiger partial charge in [-0.25, -0.2) is 0 Å². The van der Waals surface area contributed by atoms with Crippen LogP contribution >= 0.6 is 0 Å². The highest BCUT2D eigenvalue weighted by Crippen LogP contribution is 2.22. The highest BCUT2D eigenvalue weighted by molar-refractivity contribution is 6.60. The largest absolute Gasteiger partial charge is 0.500 e. The van der Waals surface area contributed by atoms with Crippen LogP contribution in [0.2, 0.25) is 6.04 Å². The number of nitrogens with one attached hydrogen (secondary N) is 1. The monoisotopic (exact) mass is 599 g/mol. The number of hydrogen-bond acceptors (Lipinski definition) is 7. The molecule has 42 heavy (non-hydrogen) atoms. The van der Waals surface area contributed by atoms with Gasteiger partial charge in [-0.1, -0.05) is 44.7 Å². The Labute approximate surface area is 255 Å². The number of azo groups is 1. The highest BCUT2D eigenvalue weighted by Gasteiger charge is 2.39. The van der Waals surface area contributed by atoms with Crippen LogP contribution < -0.4 is 10.1 Å². The molecule has 9 heteroatoms. The van der Waals surface area contributed by atoms with E-state index in [9.17, 15) is 4.79 Å². The Bertz CT molecular complexity index is 985. The van der Waals surface area contributed by atoms with Gasteiger partial charge in [0.2, 0.25) is 5.91 Å². The maximum Gasteiger partial charge on any atom is 0.500 e. The lowest BCUT2D eigenvalue weighted by Crippen LogP contribution is -2.46. The Morgan fingerprint density at radius 2 is 1.31 bits per heavy atom. The number of nitrogens with zero attached hydrogens (tertiary/aromatic N) is 2. The van der Waals surface area contributed by atoms with Crippen LogP contribution in [0.5, 0.6) is 5.75 Å². The number of rotatable bonds is 24. The van der Waals surface area contributed by atoms with Gasteiger partial charge >= 0.3 is 8.80 Å². The lowest BCUT2D eigenvalue weighted by molar-refractivity contribution is -0.121. The molecule has 234 valence electrons. The van der Waals surface area contributed by atoms with Crippen molar-refractivity contribution in [1.82, 2.24) is 5.32 Å². The van der Waals surface area contributed by atoms with Crippen molar-refractivity contribution < 1.29 is 22.8 Å². The highest BCUT2D eigenvalue weighted by atomic mass is 28.4. The normalized spacial score (nSPS) is 11.7. The van der Waals surface area contributed by atoms with Crippen LogP contribution in [-0.2, 0) is 24.5 Å². The first-order valence-corrected chi connectivity index (χ1v) is 17.9. The Hall–Kier alpha value is -2.59. The van der Waals surface area contributed by atoms with Gasteiger partial charge in [0, 0.05) is 38.8 Å². The summed E-state index contributed by atoms with van der Waals surface area (Å²) in [6, 6.07) is 16.7. The van der Waals surface area contributed by atoms with Gasteiger partial charge in [-0.2, -0.15) is 10.2 Å². The molecule has 0 aliphatic carbocycles. The first kappa shape index (κ1) is 35.6. The van der Waals surface area contributed by atoms with Gasteiger partial charge in [-0.3, -0.25) is 4.79 Å². The van der Waals surface area contributed by atoms with Crippen LogP contribution in [0.3, 0.4) is 0 Å². The number of aryl methyl sites for hydroxylation is 1. The average molecular weight is 600 g/mol. The molecule has 1 amide bonds. The summed E-state index contributed by atoms with van der Waals surface area (Å²) >= 11 is 0. The fraction of sp³-hybridized carbons (Fsp3) is 0.606. The molecule has 2 aromatic carbocycles. The van der Waals surface area contributed by atoms with E-state index in [1.807, 2.05) is 57.2 Å². The van der Waals surface area contributed by atoms with Crippen molar-refractivity contribution in [3.05, 3.63) is 54.1 Å². The van der Waals surface area contributed by atoms with E-state index in [0.29, 0.717) is 32.8 Å². The van der Waals surface area contributed by atoms with Crippen molar-refractivity contribution in [3.8, 4) is 5.75 Å². The number of hydrogen-bond donors (Lipinski definition) is 1. The molecular weight excluding hydrogens is 546 g/mol. The SMILES string of the molecule is CCCCCOc1ccc(N=Nc2ccc(CCCCCCC(=O)NCCC[Si](OCC)(OCC)OCC)cc2)cc1. The van der Waals surface area contributed by atoms with Gasteiger partial charge in [0.1, 0.15) is 5.75 Å². The molecule has 0 atom stereocenters. The van der Waals surface area contributed by atoms with Crippen molar-refractivity contribution in [2.45, 2.75) is 97.9 Å². The molecule has 1 N–H and O–H groups in total. The van der Waals surface area contributed by atoms with E-state index in [1.165, 1.54) is 18.4 Å². The van der Waals surface area contributed by atoms with Crippen LogP contribution in [0.1, 0.15) is 91.0 Å². The first-order valence-electron chi connectivity index (χ1n) is 16.0. The van der Waals surface area contributed by atoms with E-state index >= 15 is 0 Å². The molecule has 0 fully saturated rings. The maximum absolute atomic E-state index is 12.2. The third-order valence-electron chi connectivity index (χ3n) is 6.76. The van der Waals surface area contributed by atoms with Crippen LogP contribution in [0.4, 0.5) is 11.4 Å². The van der Waals surface area contributed by atoms with Gasteiger partial charge in [-0.05, 0) is 94.8 Å². The number of unbranched alkanes of at least 4 members (excludes halogenated alkanes) is 5. The van der Waals surface area contributed by atoms with E-state index in [1.54, 1.807) is 0 Å². The summed E-state index contributed by atoms with van der Waals surface area (Å²) in [6.07, 6.45) is 10.0. The zero-order valence-electron chi connectivity index (χ0n) is 26.4. The standard InChI is InChI=1S/C33H53N3O5Si/c1-5-9-14-27-38-32-24-22-31(23-25-32)36-35-30-20-18-29(19-21-30)16-12-10-11-13-17-33(37)34-26-15-28-42(39-6-2,40-7-3)41-8-4/h18-25H,5-17,26-28H2,1-4H3,(H,34,37). The fourth-order valence-corrected chi connectivity index (χ4v) is 7.20. The van der Waals surface area contributed by atoms with Crippen molar-refractivity contribution in [1.29, 1.82) is 0 Å². The van der Waals surface area contributed by atoms with E-state index in [0.717, 1.165) is 74.7 Å². The maximum atomic E-state index is 12.2. The third kappa shape index (κ3) is 15.0. The zero-order valence-corrected chi connectivity index (χ0v) is 27.4. The Balaban J connectivity index is 1.57. The van der Waals surface area contributed by atoms with Crippen LogP contribution in [0.25, 0.3) is 0 Å². The number of ether oxygens (including phenoxy) is 1. The minimum atomic E-state index is -2.63. The van der Waals surface area contributed by atoms with Gasteiger partial charge in [0.15, 0.2) is 0 Å². The number of carbonyl (C=O) groups excluding carboxylic acids is 1. The molecule has 0 saturated heterocycles. The first-order chi connectivity index (χ1) is 20.5. The Morgan fingerprint density at radius 1 is 0.714 bits per heavy atom. The molecule has 0 aliphatic rings. The van der Waals surface area contributed by atoms with E-state index in [4.69, 9.17) is 18.0 Å². The second-order valence-electron chi connectivity index (χ2n) is 10.3. The molecule has 2 rings (SSSR count).